The van der Waals surface area contributed by atoms with Gasteiger partial charge in [0, 0.05) is 10.9 Å². The lowest BCUT2D eigenvalue weighted by Crippen LogP contribution is -2.20. The van der Waals surface area contributed by atoms with Crippen LogP contribution in [0.1, 0.15) is 12.6 Å². The fraction of sp³-hybridized carbons (Fsp3) is 0.238. The summed E-state index contributed by atoms with van der Waals surface area (Å²) in [5.74, 6) is 0.321. The Morgan fingerprint density at radius 1 is 1.10 bits per heavy atom. The summed E-state index contributed by atoms with van der Waals surface area (Å²) in [6.45, 7) is 1.06. The standard InChI is InChI=1S/C21H19F3N2O3S/c1-2-28-16-9-7-14(8-10-16)20-25-15(12-30-20)11-19(27)26-17-5-3-4-6-18(17)29-13-21(22,23)24/h3-10,12H,2,11,13H2,1H3,(H,26,27). The number of benzene rings is 2. The number of carbonyl (C=O) groups is 1. The van der Waals surface area contributed by atoms with Crippen LogP contribution in [0, 0.1) is 0 Å². The molecule has 0 radical (unpaired) electrons. The average Bonchev–Trinajstić information content (AvgIpc) is 3.16. The Hall–Kier alpha value is -3.07. The summed E-state index contributed by atoms with van der Waals surface area (Å²) in [6, 6.07) is 13.5. The smallest absolute Gasteiger partial charge is 0.422 e. The molecule has 0 fully saturated rings. The molecule has 30 heavy (non-hydrogen) atoms. The van der Waals surface area contributed by atoms with E-state index in [1.807, 2.05) is 31.2 Å². The van der Waals surface area contributed by atoms with Crippen molar-refractivity contribution in [3.05, 3.63) is 59.6 Å². The molecule has 0 aliphatic carbocycles. The first-order valence-corrected chi connectivity index (χ1v) is 9.98. The first-order valence-electron chi connectivity index (χ1n) is 9.10. The van der Waals surface area contributed by atoms with Crippen LogP contribution >= 0.6 is 11.3 Å². The fourth-order valence-corrected chi connectivity index (χ4v) is 3.42. The number of nitrogens with one attached hydrogen (secondary N) is 1. The molecule has 1 heterocycles. The number of para-hydroxylation sites is 2. The van der Waals surface area contributed by atoms with Crippen LogP contribution in [0.5, 0.6) is 11.5 Å². The number of hydrogen-bond donors (Lipinski definition) is 1. The number of rotatable bonds is 8. The molecule has 9 heteroatoms. The first-order chi connectivity index (χ1) is 14.3. The number of hydrogen-bond acceptors (Lipinski definition) is 5. The van der Waals surface area contributed by atoms with E-state index in [1.54, 1.807) is 11.4 Å². The summed E-state index contributed by atoms with van der Waals surface area (Å²) in [6.07, 6.45) is -4.48. The lowest BCUT2D eigenvalue weighted by atomic mass is 10.2. The predicted octanol–water partition coefficient (Wildman–Crippen LogP) is 5.33. The normalized spacial score (nSPS) is 11.2. The third-order valence-corrected chi connectivity index (χ3v) is 4.80. The number of anilines is 1. The number of thiazole rings is 1. The van der Waals surface area contributed by atoms with Gasteiger partial charge >= 0.3 is 6.18 Å². The van der Waals surface area contributed by atoms with Crippen LogP contribution in [0.15, 0.2) is 53.9 Å². The number of alkyl halides is 3. The Labute approximate surface area is 175 Å². The zero-order chi connectivity index (χ0) is 21.6. The Balaban J connectivity index is 1.62. The van der Waals surface area contributed by atoms with Crippen LogP contribution in [0.3, 0.4) is 0 Å². The van der Waals surface area contributed by atoms with E-state index in [0.717, 1.165) is 16.3 Å². The van der Waals surface area contributed by atoms with E-state index >= 15 is 0 Å². The molecule has 0 spiro atoms. The minimum atomic E-state index is -4.46. The lowest BCUT2D eigenvalue weighted by molar-refractivity contribution is -0.153. The molecule has 0 bridgehead atoms. The van der Waals surface area contributed by atoms with Gasteiger partial charge < -0.3 is 14.8 Å². The monoisotopic (exact) mass is 436 g/mol. The summed E-state index contributed by atoms with van der Waals surface area (Å²) >= 11 is 1.40. The van der Waals surface area contributed by atoms with E-state index in [0.29, 0.717) is 12.3 Å². The molecule has 1 amide bonds. The largest absolute Gasteiger partial charge is 0.494 e. The van der Waals surface area contributed by atoms with Crippen LogP contribution in [-0.4, -0.2) is 30.3 Å². The molecule has 0 saturated carbocycles. The Kier molecular flexibility index (Phi) is 6.94. The molecule has 0 aliphatic heterocycles. The molecule has 158 valence electrons. The van der Waals surface area contributed by atoms with Crippen molar-refractivity contribution in [3.8, 4) is 22.1 Å². The second-order valence-electron chi connectivity index (χ2n) is 6.23. The summed E-state index contributed by atoms with van der Waals surface area (Å²) in [5.41, 5.74) is 1.64. The SMILES string of the molecule is CCOc1ccc(-c2nc(CC(=O)Nc3ccccc3OCC(F)(F)F)cs2)cc1. The number of nitrogens with zero attached hydrogens (tertiary/aromatic N) is 1. The number of ether oxygens (including phenoxy) is 2. The summed E-state index contributed by atoms with van der Waals surface area (Å²) in [5, 5.41) is 5.12. The van der Waals surface area contributed by atoms with E-state index in [9.17, 15) is 18.0 Å². The van der Waals surface area contributed by atoms with Crippen molar-refractivity contribution >= 4 is 22.9 Å². The van der Waals surface area contributed by atoms with E-state index in [1.165, 1.54) is 29.5 Å². The zero-order valence-corrected chi connectivity index (χ0v) is 16.8. The maximum absolute atomic E-state index is 12.4. The topological polar surface area (TPSA) is 60.5 Å². The summed E-state index contributed by atoms with van der Waals surface area (Å²) < 4.78 is 47.4. The van der Waals surface area contributed by atoms with E-state index in [4.69, 9.17) is 9.47 Å². The van der Waals surface area contributed by atoms with Gasteiger partial charge in [0.05, 0.1) is 24.4 Å². The Morgan fingerprint density at radius 2 is 1.83 bits per heavy atom. The second kappa shape index (κ2) is 9.62. The van der Waals surface area contributed by atoms with Gasteiger partial charge in [0.25, 0.3) is 0 Å². The number of halogens is 3. The molecular weight excluding hydrogens is 417 g/mol. The molecule has 1 aromatic heterocycles. The van der Waals surface area contributed by atoms with Gasteiger partial charge in [0.1, 0.15) is 16.5 Å². The second-order valence-corrected chi connectivity index (χ2v) is 7.08. The highest BCUT2D eigenvalue weighted by atomic mass is 32.1. The molecule has 3 rings (SSSR count). The van der Waals surface area contributed by atoms with Gasteiger partial charge in [-0.3, -0.25) is 4.79 Å². The molecule has 2 aromatic carbocycles. The molecule has 3 aromatic rings. The highest BCUT2D eigenvalue weighted by Crippen LogP contribution is 2.28. The summed E-state index contributed by atoms with van der Waals surface area (Å²) in [7, 11) is 0. The van der Waals surface area contributed by atoms with Crippen LogP contribution in [-0.2, 0) is 11.2 Å². The maximum atomic E-state index is 12.4. The van der Waals surface area contributed by atoms with E-state index in [-0.39, 0.29) is 17.9 Å². The van der Waals surface area contributed by atoms with Gasteiger partial charge in [-0.2, -0.15) is 13.2 Å². The van der Waals surface area contributed by atoms with Crippen molar-refractivity contribution in [2.24, 2.45) is 0 Å². The first kappa shape index (κ1) is 21.6. The Bertz CT molecular complexity index is 988. The van der Waals surface area contributed by atoms with Crippen molar-refractivity contribution in [2.45, 2.75) is 19.5 Å². The van der Waals surface area contributed by atoms with Gasteiger partial charge in [0.2, 0.25) is 5.91 Å². The minimum absolute atomic E-state index is 0.0128. The molecule has 0 atom stereocenters. The predicted molar refractivity (Wildman–Crippen MR) is 109 cm³/mol. The van der Waals surface area contributed by atoms with Crippen LogP contribution in [0.25, 0.3) is 10.6 Å². The van der Waals surface area contributed by atoms with Crippen molar-refractivity contribution in [1.82, 2.24) is 4.98 Å². The lowest BCUT2D eigenvalue weighted by Gasteiger charge is -2.13. The Morgan fingerprint density at radius 3 is 2.53 bits per heavy atom. The number of carbonyl (C=O) groups excluding carboxylic acids is 1. The van der Waals surface area contributed by atoms with E-state index in [2.05, 4.69) is 10.3 Å². The zero-order valence-electron chi connectivity index (χ0n) is 16.0. The highest BCUT2D eigenvalue weighted by Gasteiger charge is 2.28. The highest BCUT2D eigenvalue weighted by molar-refractivity contribution is 7.13. The molecule has 0 unspecified atom stereocenters. The van der Waals surface area contributed by atoms with E-state index < -0.39 is 18.7 Å². The van der Waals surface area contributed by atoms with Crippen molar-refractivity contribution in [1.29, 1.82) is 0 Å². The van der Waals surface area contributed by atoms with Crippen LogP contribution < -0.4 is 14.8 Å². The number of aromatic nitrogens is 1. The van der Waals surface area contributed by atoms with Crippen LogP contribution in [0.4, 0.5) is 18.9 Å². The summed E-state index contributed by atoms with van der Waals surface area (Å²) in [4.78, 5) is 16.8. The quantitative estimate of drug-likeness (QED) is 0.519. The van der Waals surface area contributed by atoms with Crippen molar-refractivity contribution in [2.75, 3.05) is 18.5 Å². The molecule has 0 saturated heterocycles. The van der Waals surface area contributed by atoms with Crippen molar-refractivity contribution in [3.63, 3.8) is 0 Å². The fourth-order valence-electron chi connectivity index (χ4n) is 2.60. The maximum Gasteiger partial charge on any atom is 0.422 e. The number of amides is 1. The van der Waals surface area contributed by atoms with Gasteiger partial charge in [-0.15, -0.1) is 11.3 Å². The molecular formula is C21H19F3N2O3S. The molecule has 1 N–H and O–H groups in total. The van der Waals surface area contributed by atoms with Gasteiger partial charge in [-0.1, -0.05) is 12.1 Å². The van der Waals surface area contributed by atoms with Gasteiger partial charge in [-0.25, -0.2) is 4.98 Å². The molecule has 0 aliphatic rings. The van der Waals surface area contributed by atoms with Gasteiger partial charge in [-0.05, 0) is 43.3 Å². The van der Waals surface area contributed by atoms with Gasteiger partial charge in [0.15, 0.2) is 6.61 Å². The van der Waals surface area contributed by atoms with Crippen molar-refractivity contribution < 1.29 is 27.4 Å². The molecule has 5 nitrogen and oxygen atoms in total. The minimum Gasteiger partial charge on any atom is -0.494 e. The van der Waals surface area contributed by atoms with Crippen LogP contribution in [0.2, 0.25) is 0 Å². The third-order valence-electron chi connectivity index (χ3n) is 3.86. The average molecular weight is 436 g/mol. The third kappa shape index (κ3) is 6.21.